The van der Waals surface area contributed by atoms with Crippen molar-refractivity contribution in [1.82, 2.24) is 4.98 Å². The van der Waals surface area contributed by atoms with E-state index >= 15 is 0 Å². The van der Waals surface area contributed by atoms with Crippen molar-refractivity contribution < 1.29 is 116 Å². The number of benzene rings is 7. The molecule has 0 bridgehead atoms. The molecule has 8 N–H and O–H groups in total. The van der Waals surface area contributed by atoms with E-state index in [-0.39, 0.29) is 73.5 Å². The lowest BCUT2D eigenvalue weighted by atomic mass is 9.86. The predicted octanol–water partition coefficient (Wildman–Crippen LogP) is 12.4. The monoisotopic (exact) mass is 1650 g/mol. The summed E-state index contributed by atoms with van der Waals surface area (Å²) < 4.78 is 69.3. The van der Waals surface area contributed by atoms with Crippen molar-refractivity contribution in [2.24, 2.45) is 5.92 Å². The minimum Gasteiger partial charge on any atom is -0.496 e. The number of esters is 4. The molecule has 8 aromatic rings. The van der Waals surface area contributed by atoms with Gasteiger partial charge in [-0.25, -0.2) is 33.3 Å². The van der Waals surface area contributed by atoms with Crippen molar-refractivity contribution in [3.05, 3.63) is 215 Å². The maximum atomic E-state index is 13.7. The highest BCUT2D eigenvalue weighted by Crippen LogP contribution is 2.49. The molecule has 1 aliphatic carbocycles. The van der Waals surface area contributed by atoms with Gasteiger partial charge in [0.25, 0.3) is 0 Å². The van der Waals surface area contributed by atoms with Crippen LogP contribution in [0, 0.1) is 27.1 Å². The fourth-order valence-electron chi connectivity index (χ4n) is 10.5. The summed E-state index contributed by atoms with van der Waals surface area (Å²) >= 11 is 8.13. The molecule has 1 fully saturated rings. The van der Waals surface area contributed by atoms with Crippen LogP contribution in [0.5, 0.6) is 40.2 Å². The summed E-state index contributed by atoms with van der Waals surface area (Å²) in [4.78, 5) is 73.3. The second-order valence-corrected chi connectivity index (χ2v) is 25.1. The first kappa shape index (κ1) is 91.8. The zero-order valence-electron chi connectivity index (χ0n) is 63.0. The van der Waals surface area contributed by atoms with Crippen molar-refractivity contribution >= 4 is 75.5 Å². The van der Waals surface area contributed by atoms with Gasteiger partial charge >= 0.3 is 29.8 Å². The smallest absolute Gasteiger partial charge is 0.337 e. The molecule has 0 saturated heterocycles. The number of ether oxygens (including phenoxy) is 11. The molecule has 9 rings (SSSR count). The standard InChI is InChI=1S/C29H31ClFNO5.C12H16O4.C12H12O4.C11H14O4.C9H9IO3.C9H11NO3/c1-36-25-11-12-27(32-28(25)20-7-10-23(31)22(30)16-20)29(35,21-8-9-21)14-13-24(34)19-6-5-18(4-3-15-33)26(17-19)37-2;2*1-15-11-8-10(12(14)16-2)6-5-9(11)4-3-7-13;1-15-10-7-9(11(13)14)5-4-8(10)3-2-6-12;2*1-12-8-5-6(9(11)13-2)3-4-7(8)10/h5-7,10-12,16-17,21,33,35H,3-4,8-9,13-15H2,1-2H3;5-6,8,13H,3-4,7H2,1-2H3;5-6,8,13H,7H2,1-2H3;4-5,7,12H,2-3,6H2,1H3,(H,13,14);3-5H,1-2H3;3-5H,10H2,1-2H3. The highest BCUT2D eigenvalue weighted by atomic mass is 127. The van der Waals surface area contributed by atoms with Crippen LogP contribution in [0.3, 0.4) is 0 Å². The number of aryl methyl sites for hydroxylation is 3. The van der Waals surface area contributed by atoms with Crippen LogP contribution in [-0.4, -0.2) is 176 Å². The summed E-state index contributed by atoms with van der Waals surface area (Å²) in [5.74, 6) is 5.95. The SMILES string of the molecule is COC(=O)c1ccc(C#CCO)c(OC)c1.COC(=O)c1ccc(CCCO)c(OC)c1.COC(=O)c1ccc(I)c(OC)c1.COC(=O)c1ccc(N)c(OC)c1.COc1cc(C(=O)CCC(O)(c2ccc(OC)c(-c3ccc(F)c(Cl)c3)n2)C2CC2)ccc1CCCO.COc1cc(C(=O)O)ccc1CCCO. The molecule has 1 aliphatic rings. The normalized spacial score (nSPS) is 11.3. The minimum absolute atomic E-state index is 0.0127. The fraction of sp³-hybridized carbons (Fsp3) is 0.329. The third-order valence-electron chi connectivity index (χ3n) is 16.5. The Balaban J connectivity index is 0.000000297. The Morgan fingerprint density at radius 2 is 0.918 bits per heavy atom. The lowest BCUT2D eigenvalue weighted by Crippen LogP contribution is -2.30. The number of carbonyl (C=O) groups is 6. The highest BCUT2D eigenvalue weighted by Gasteiger charge is 2.46. The number of carboxylic acids is 1. The van der Waals surface area contributed by atoms with Gasteiger partial charge in [0.15, 0.2) is 5.78 Å². The van der Waals surface area contributed by atoms with Crippen molar-refractivity contribution in [3.63, 3.8) is 0 Å². The number of hydrogen-bond acceptors (Lipinski definition) is 24. The largest absolute Gasteiger partial charge is 0.496 e. The van der Waals surface area contributed by atoms with Gasteiger partial charge in [-0.15, -0.1) is 0 Å². The van der Waals surface area contributed by atoms with Crippen LogP contribution < -0.4 is 38.9 Å². The number of aliphatic hydroxyl groups excluding tert-OH is 4. The van der Waals surface area contributed by atoms with E-state index < -0.39 is 29.3 Å². The number of Topliss-reactive ketones (excluding diaryl/α,β-unsaturated/α-hetero) is 1. The summed E-state index contributed by atoms with van der Waals surface area (Å²) in [6, 6.07) is 37.7. The Morgan fingerprint density at radius 3 is 1.35 bits per heavy atom. The van der Waals surface area contributed by atoms with Gasteiger partial charge in [-0.05, 0) is 218 Å². The molecule has 28 heteroatoms. The van der Waals surface area contributed by atoms with Gasteiger partial charge in [-0.3, -0.25) is 4.79 Å². The molecular formula is C82H93ClFIN2O23. The van der Waals surface area contributed by atoms with Crippen LogP contribution in [-0.2, 0) is 43.8 Å². The number of halogens is 3. The number of methoxy groups -OCH3 is 11. The molecule has 0 radical (unpaired) electrons. The number of carbonyl (C=O) groups excluding carboxylic acids is 5. The molecule has 1 saturated carbocycles. The molecule has 590 valence electrons. The van der Waals surface area contributed by atoms with Crippen molar-refractivity contribution in [2.75, 3.05) is 110 Å². The van der Waals surface area contributed by atoms with Crippen molar-refractivity contribution in [3.8, 4) is 63.3 Å². The van der Waals surface area contributed by atoms with E-state index in [0.29, 0.717) is 128 Å². The van der Waals surface area contributed by atoms with Gasteiger partial charge in [0, 0.05) is 37.4 Å². The lowest BCUT2D eigenvalue weighted by molar-refractivity contribution is -0.00111. The molecule has 0 spiro atoms. The average molecular weight is 1660 g/mol. The number of aromatic nitrogens is 1. The van der Waals surface area contributed by atoms with E-state index in [2.05, 4.69) is 53.4 Å². The number of aliphatic hydroxyl groups is 5. The van der Waals surface area contributed by atoms with Gasteiger partial charge in [0.2, 0.25) is 0 Å². The van der Waals surface area contributed by atoms with E-state index in [1.54, 1.807) is 118 Å². The van der Waals surface area contributed by atoms with Gasteiger partial charge < -0.3 is 88.5 Å². The number of pyridine rings is 1. The van der Waals surface area contributed by atoms with Crippen LogP contribution in [0.25, 0.3) is 11.3 Å². The van der Waals surface area contributed by atoms with Crippen LogP contribution in [0.15, 0.2) is 140 Å². The first-order chi connectivity index (χ1) is 52.8. The predicted molar refractivity (Wildman–Crippen MR) is 419 cm³/mol. The second-order valence-electron chi connectivity index (χ2n) is 23.5. The minimum atomic E-state index is -1.30. The van der Waals surface area contributed by atoms with Crippen LogP contribution in [0.4, 0.5) is 10.1 Å². The van der Waals surface area contributed by atoms with E-state index in [0.717, 1.165) is 39.5 Å². The fourth-order valence-corrected chi connectivity index (χ4v) is 11.2. The van der Waals surface area contributed by atoms with Gasteiger partial charge in [0.1, 0.15) is 64.0 Å². The zero-order chi connectivity index (χ0) is 81.5. The van der Waals surface area contributed by atoms with Gasteiger partial charge in [-0.1, -0.05) is 47.7 Å². The molecular weight excluding hydrogens is 1560 g/mol. The summed E-state index contributed by atoms with van der Waals surface area (Å²) in [5.41, 5.74) is 12.1. The first-order valence-corrected chi connectivity index (χ1v) is 35.5. The number of carboxylic acid groups (broad SMARTS) is 1. The third-order valence-corrected chi connectivity index (χ3v) is 17.7. The Kier molecular flexibility index (Phi) is 40.1. The number of rotatable bonds is 28. The molecule has 1 unspecified atom stereocenters. The Morgan fingerprint density at radius 1 is 0.509 bits per heavy atom. The molecule has 0 amide bonds. The number of anilines is 1. The van der Waals surface area contributed by atoms with E-state index in [4.69, 9.17) is 81.0 Å². The number of aromatic carboxylic acids is 1. The number of nitrogen functional groups attached to an aromatic ring is 1. The topological polar surface area (TPSA) is 364 Å². The summed E-state index contributed by atoms with van der Waals surface area (Å²) in [6.07, 6.45) is 5.98. The molecule has 1 aromatic heterocycles. The number of hydrogen-bond donors (Lipinski definition) is 7. The maximum Gasteiger partial charge on any atom is 0.337 e. The molecule has 1 atom stereocenters. The second kappa shape index (κ2) is 48.1. The molecule has 7 aromatic carbocycles. The Hall–Kier alpha value is -10.6. The summed E-state index contributed by atoms with van der Waals surface area (Å²) in [7, 11) is 16.0. The summed E-state index contributed by atoms with van der Waals surface area (Å²) in [6.45, 7) is 0.118. The number of ketones is 1. The Bertz CT molecular complexity index is 4360. The molecule has 0 aliphatic heterocycles. The van der Waals surface area contributed by atoms with Gasteiger partial charge in [0.05, 0.1) is 132 Å². The third kappa shape index (κ3) is 27.8. The molecule has 1 heterocycles. The van der Waals surface area contributed by atoms with Crippen molar-refractivity contribution in [1.29, 1.82) is 0 Å². The average Bonchev–Trinajstić information content (AvgIpc) is 1.55. The van der Waals surface area contributed by atoms with Crippen LogP contribution in [0.2, 0.25) is 5.02 Å². The number of nitrogens with zero attached hydrogens (tertiary/aromatic N) is 1. The lowest BCUT2D eigenvalue weighted by Gasteiger charge is -2.28. The van der Waals surface area contributed by atoms with E-state index in [1.165, 1.54) is 81.1 Å². The highest BCUT2D eigenvalue weighted by molar-refractivity contribution is 14.1. The zero-order valence-corrected chi connectivity index (χ0v) is 66.0. The number of nitrogens with two attached hydrogens (primary N) is 1. The first-order valence-electron chi connectivity index (χ1n) is 34.0. The van der Waals surface area contributed by atoms with E-state index in [1.807, 2.05) is 18.2 Å². The molecule has 25 nitrogen and oxygen atoms in total. The Labute approximate surface area is 657 Å². The van der Waals surface area contributed by atoms with Crippen LogP contribution in [0.1, 0.15) is 135 Å². The quantitative estimate of drug-likeness (QED) is 0.00598. The molecule has 110 heavy (non-hydrogen) atoms. The van der Waals surface area contributed by atoms with Crippen molar-refractivity contribution in [2.45, 2.75) is 69.8 Å². The van der Waals surface area contributed by atoms with Crippen LogP contribution >= 0.6 is 34.2 Å². The maximum absolute atomic E-state index is 13.7. The summed E-state index contributed by atoms with van der Waals surface area (Å²) in [5, 5.41) is 55.7. The van der Waals surface area contributed by atoms with Gasteiger partial charge in [-0.2, -0.15) is 0 Å². The van der Waals surface area contributed by atoms with E-state index in [9.17, 15) is 38.3 Å².